The quantitative estimate of drug-likeness (QED) is 0.726. The van der Waals surface area contributed by atoms with Gasteiger partial charge in [-0.05, 0) is 38.6 Å². The second-order valence-corrected chi connectivity index (χ2v) is 6.84. The molecule has 5 heteroatoms. The molecule has 1 unspecified atom stereocenters. The summed E-state index contributed by atoms with van der Waals surface area (Å²) in [5.41, 5.74) is 0.0516. The molecule has 0 aliphatic carbocycles. The third-order valence-corrected chi connectivity index (χ3v) is 3.50. The smallest absolute Gasteiger partial charge is 0.313 e. The van der Waals surface area contributed by atoms with E-state index in [9.17, 15) is 13.2 Å². The zero-order chi connectivity index (χ0) is 16.0. The van der Waals surface area contributed by atoms with E-state index < -0.39 is 12.7 Å². The molecule has 1 N–H and O–H groups in total. The average molecular weight is 296 g/mol. The van der Waals surface area contributed by atoms with Gasteiger partial charge in [0.05, 0.1) is 6.54 Å². The molecule has 0 bridgehead atoms. The van der Waals surface area contributed by atoms with E-state index in [2.05, 4.69) is 33.0 Å². The van der Waals surface area contributed by atoms with E-state index in [0.717, 1.165) is 19.4 Å². The lowest BCUT2D eigenvalue weighted by molar-refractivity contribution is -0.150. The lowest BCUT2D eigenvalue weighted by Crippen LogP contribution is -2.46. The van der Waals surface area contributed by atoms with Crippen LogP contribution in [0.1, 0.15) is 54.4 Å². The van der Waals surface area contributed by atoms with E-state index >= 15 is 0 Å². The van der Waals surface area contributed by atoms with Crippen LogP contribution in [0.2, 0.25) is 0 Å². The average Bonchev–Trinajstić information content (AvgIpc) is 2.23. The van der Waals surface area contributed by atoms with Gasteiger partial charge in [0.2, 0.25) is 0 Å². The van der Waals surface area contributed by atoms with Gasteiger partial charge in [0.1, 0.15) is 0 Å². The standard InChI is InChI=1S/C15H31F3N2/c1-7-9-19-13(14(4,5)6)8-10-20(12(2)3)11-15(16,17)18/h12-13,19H,7-11H2,1-6H3. The van der Waals surface area contributed by atoms with Crippen molar-refractivity contribution in [1.82, 2.24) is 10.2 Å². The molecule has 0 amide bonds. The molecule has 0 saturated heterocycles. The summed E-state index contributed by atoms with van der Waals surface area (Å²) in [5, 5.41) is 3.46. The molecule has 0 aromatic rings. The lowest BCUT2D eigenvalue weighted by atomic mass is 9.84. The summed E-state index contributed by atoms with van der Waals surface area (Å²) in [7, 11) is 0. The Hall–Kier alpha value is -0.290. The minimum atomic E-state index is -4.13. The van der Waals surface area contributed by atoms with Crippen molar-refractivity contribution >= 4 is 0 Å². The number of rotatable bonds is 8. The second-order valence-electron chi connectivity index (χ2n) is 6.84. The van der Waals surface area contributed by atoms with E-state index in [1.165, 1.54) is 4.90 Å². The van der Waals surface area contributed by atoms with Crippen molar-refractivity contribution in [2.45, 2.75) is 72.6 Å². The summed E-state index contributed by atoms with van der Waals surface area (Å²) in [6.07, 6.45) is -2.36. The Kier molecular flexibility index (Phi) is 8.11. The Labute approximate surface area is 122 Å². The minimum absolute atomic E-state index is 0.0516. The summed E-state index contributed by atoms with van der Waals surface area (Å²) >= 11 is 0. The fraction of sp³-hybridized carbons (Fsp3) is 1.00. The highest BCUT2D eigenvalue weighted by atomic mass is 19.4. The van der Waals surface area contributed by atoms with Gasteiger partial charge in [0, 0.05) is 18.6 Å². The van der Waals surface area contributed by atoms with E-state index in [1.54, 1.807) is 0 Å². The predicted molar refractivity (Wildman–Crippen MR) is 78.9 cm³/mol. The molecule has 0 aromatic heterocycles. The monoisotopic (exact) mass is 296 g/mol. The van der Waals surface area contributed by atoms with E-state index in [4.69, 9.17) is 0 Å². The third kappa shape index (κ3) is 8.80. The van der Waals surface area contributed by atoms with Crippen molar-refractivity contribution in [2.24, 2.45) is 5.41 Å². The summed E-state index contributed by atoms with van der Waals surface area (Å²) in [5.74, 6) is 0. The molecule has 122 valence electrons. The molecule has 0 spiro atoms. The molecular formula is C15H31F3N2. The Bertz CT molecular complexity index is 257. The molecule has 0 aliphatic rings. The van der Waals surface area contributed by atoms with Crippen LogP contribution in [0.3, 0.4) is 0 Å². The van der Waals surface area contributed by atoms with Crippen molar-refractivity contribution < 1.29 is 13.2 Å². The minimum Gasteiger partial charge on any atom is -0.313 e. The highest BCUT2D eigenvalue weighted by molar-refractivity contribution is 4.82. The number of nitrogens with one attached hydrogen (secondary N) is 1. The first kappa shape index (κ1) is 19.7. The van der Waals surface area contributed by atoms with Gasteiger partial charge in [0.15, 0.2) is 0 Å². The van der Waals surface area contributed by atoms with Crippen LogP contribution in [-0.2, 0) is 0 Å². The SMILES string of the molecule is CCCNC(CCN(CC(F)(F)F)C(C)C)C(C)(C)C. The van der Waals surface area contributed by atoms with Crippen LogP contribution in [0.5, 0.6) is 0 Å². The number of hydrogen-bond donors (Lipinski definition) is 1. The maximum Gasteiger partial charge on any atom is 0.401 e. The molecule has 0 heterocycles. The van der Waals surface area contributed by atoms with Crippen LogP contribution >= 0.6 is 0 Å². The topological polar surface area (TPSA) is 15.3 Å². The fourth-order valence-corrected chi connectivity index (χ4v) is 2.20. The first-order valence-electron chi connectivity index (χ1n) is 7.51. The van der Waals surface area contributed by atoms with Gasteiger partial charge in [-0.25, -0.2) is 0 Å². The van der Waals surface area contributed by atoms with Gasteiger partial charge in [-0.15, -0.1) is 0 Å². The summed E-state index contributed by atoms with van der Waals surface area (Å²) in [4.78, 5) is 1.51. The normalized spacial score (nSPS) is 15.2. The molecule has 0 radical (unpaired) electrons. The van der Waals surface area contributed by atoms with Crippen LogP contribution in [0.25, 0.3) is 0 Å². The molecule has 0 aliphatic heterocycles. The Balaban J connectivity index is 4.54. The van der Waals surface area contributed by atoms with Gasteiger partial charge in [-0.3, -0.25) is 4.90 Å². The van der Waals surface area contributed by atoms with Crippen molar-refractivity contribution in [3.05, 3.63) is 0 Å². The first-order chi connectivity index (χ1) is 8.97. The zero-order valence-electron chi connectivity index (χ0n) is 13.8. The summed E-state index contributed by atoms with van der Waals surface area (Å²) < 4.78 is 37.7. The zero-order valence-corrected chi connectivity index (χ0v) is 13.8. The fourth-order valence-electron chi connectivity index (χ4n) is 2.20. The Morgan fingerprint density at radius 2 is 1.65 bits per heavy atom. The van der Waals surface area contributed by atoms with Crippen molar-refractivity contribution in [3.8, 4) is 0 Å². The van der Waals surface area contributed by atoms with Crippen molar-refractivity contribution in [3.63, 3.8) is 0 Å². The van der Waals surface area contributed by atoms with Crippen LogP contribution in [0.15, 0.2) is 0 Å². The summed E-state index contributed by atoms with van der Waals surface area (Å²) in [6.45, 7) is 12.7. The van der Waals surface area contributed by atoms with Crippen LogP contribution in [0.4, 0.5) is 13.2 Å². The number of alkyl halides is 3. The largest absolute Gasteiger partial charge is 0.401 e. The molecule has 1 atom stereocenters. The summed E-state index contributed by atoms with van der Waals surface area (Å²) in [6, 6.07) is 0.139. The molecule has 0 aromatic carbocycles. The van der Waals surface area contributed by atoms with Gasteiger partial charge in [0.25, 0.3) is 0 Å². The third-order valence-electron chi connectivity index (χ3n) is 3.50. The Morgan fingerprint density at radius 3 is 2.00 bits per heavy atom. The van der Waals surface area contributed by atoms with Gasteiger partial charge in [-0.1, -0.05) is 27.7 Å². The number of halogens is 3. The highest BCUT2D eigenvalue weighted by Crippen LogP contribution is 2.24. The second kappa shape index (κ2) is 8.23. The maximum absolute atomic E-state index is 12.6. The van der Waals surface area contributed by atoms with Crippen LogP contribution in [0, 0.1) is 5.41 Å². The van der Waals surface area contributed by atoms with E-state index in [0.29, 0.717) is 6.54 Å². The first-order valence-corrected chi connectivity index (χ1v) is 7.51. The van der Waals surface area contributed by atoms with Gasteiger partial charge >= 0.3 is 6.18 Å². The molecular weight excluding hydrogens is 265 g/mol. The van der Waals surface area contributed by atoms with Crippen LogP contribution < -0.4 is 5.32 Å². The Morgan fingerprint density at radius 1 is 1.10 bits per heavy atom. The van der Waals surface area contributed by atoms with Crippen molar-refractivity contribution in [1.29, 1.82) is 0 Å². The molecule has 20 heavy (non-hydrogen) atoms. The number of hydrogen-bond acceptors (Lipinski definition) is 2. The molecule has 0 rings (SSSR count). The lowest BCUT2D eigenvalue weighted by Gasteiger charge is -2.35. The maximum atomic E-state index is 12.6. The van der Waals surface area contributed by atoms with Gasteiger partial charge in [-0.2, -0.15) is 13.2 Å². The van der Waals surface area contributed by atoms with E-state index in [-0.39, 0.29) is 17.5 Å². The molecule has 0 fully saturated rings. The van der Waals surface area contributed by atoms with Crippen LogP contribution in [-0.4, -0.2) is 42.8 Å². The van der Waals surface area contributed by atoms with Crippen molar-refractivity contribution in [2.75, 3.05) is 19.6 Å². The predicted octanol–water partition coefficient (Wildman–Crippen LogP) is 4.06. The molecule has 0 saturated carbocycles. The van der Waals surface area contributed by atoms with E-state index in [1.807, 2.05) is 13.8 Å². The number of nitrogens with zero attached hydrogens (tertiary/aromatic N) is 1. The highest BCUT2D eigenvalue weighted by Gasteiger charge is 2.32. The van der Waals surface area contributed by atoms with Gasteiger partial charge < -0.3 is 5.32 Å². The molecule has 2 nitrogen and oxygen atoms in total.